The average Bonchev–Trinajstić information content (AvgIpc) is 2.28. The van der Waals surface area contributed by atoms with Crippen LogP contribution in [-0.4, -0.2) is 24.4 Å². The van der Waals surface area contributed by atoms with E-state index in [1.165, 1.54) is 0 Å². The van der Waals surface area contributed by atoms with E-state index in [2.05, 4.69) is 0 Å². The summed E-state index contributed by atoms with van der Waals surface area (Å²) in [6.07, 6.45) is 0.931. The van der Waals surface area contributed by atoms with Crippen molar-refractivity contribution in [3.05, 3.63) is 35.4 Å². The van der Waals surface area contributed by atoms with Gasteiger partial charge in [0.15, 0.2) is 0 Å². The summed E-state index contributed by atoms with van der Waals surface area (Å²) >= 11 is 0. The number of nitrogens with zero attached hydrogens (tertiary/aromatic N) is 2. The number of nitriles is 1. The minimum atomic E-state index is -0.0334. The minimum Gasteiger partial charge on any atom is -0.342 e. The van der Waals surface area contributed by atoms with Crippen LogP contribution in [0.4, 0.5) is 0 Å². The van der Waals surface area contributed by atoms with E-state index in [1.54, 1.807) is 36.2 Å². The van der Waals surface area contributed by atoms with E-state index in [0.717, 1.165) is 13.0 Å². The summed E-state index contributed by atoms with van der Waals surface area (Å²) in [6.45, 7) is 2.76. The molecule has 0 fully saturated rings. The number of amides is 1. The maximum atomic E-state index is 11.8. The molecule has 0 spiro atoms. The van der Waals surface area contributed by atoms with E-state index in [-0.39, 0.29) is 5.91 Å². The Labute approximate surface area is 89.9 Å². The summed E-state index contributed by atoms with van der Waals surface area (Å²) in [6, 6.07) is 8.79. The fourth-order valence-corrected chi connectivity index (χ4v) is 1.38. The normalized spacial score (nSPS) is 9.40. The van der Waals surface area contributed by atoms with Crippen LogP contribution in [-0.2, 0) is 0 Å². The lowest BCUT2D eigenvalue weighted by Crippen LogP contribution is -2.27. The molecule has 0 saturated heterocycles. The highest BCUT2D eigenvalue weighted by Gasteiger charge is 2.10. The fraction of sp³-hybridized carbons (Fsp3) is 0.333. The lowest BCUT2D eigenvalue weighted by atomic mass is 10.1. The van der Waals surface area contributed by atoms with E-state index in [1.807, 2.05) is 13.0 Å². The van der Waals surface area contributed by atoms with Gasteiger partial charge in [-0.1, -0.05) is 13.0 Å². The van der Waals surface area contributed by atoms with Gasteiger partial charge in [-0.2, -0.15) is 5.26 Å². The Kier molecular flexibility index (Phi) is 3.87. The van der Waals surface area contributed by atoms with Gasteiger partial charge in [-0.15, -0.1) is 0 Å². The third-order valence-corrected chi connectivity index (χ3v) is 2.14. The maximum Gasteiger partial charge on any atom is 0.253 e. The summed E-state index contributed by atoms with van der Waals surface area (Å²) in [5.74, 6) is -0.0334. The second kappa shape index (κ2) is 5.16. The summed E-state index contributed by atoms with van der Waals surface area (Å²) in [4.78, 5) is 13.5. The smallest absolute Gasteiger partial charge is 0.253 e. The molecule has 1 aromatic carbocycles. The van der Waals surface area contributed by atoms with Gasteiger partial charge in [-0.3, -0.25) is 4.79 Å². The van der Waals surface area contributed by atoms with Gasteiger partial charge in [0.05, 0.1) is 11.6 Å². The van der Waals surface area contributed by atoms with Crippen LogP contribution in [0.15, 0.2) is 24.3 Å². The van der Waals surface area contributed by atoms with Gasteiger partial charge in [0.1, 0.15) is 0 Å². The molecule has 0 saturated carbocycles. The van der Waals surface area contributed by atoms with Crippen LogP contribution in [0.1, 0.15) is 29.3 Å². The Hall–Kier alpha value is -1.82. The van der Waals surface area contributed by atoms with Crippen LogP contribution < -0.4 is 0 Å². The molecule has 78 valence electrons. The van der Waals surface area contributed by atoms with Gasteiger partial charge < -0.3 is 4.90 Å². The highest BCUT2D eigenvalue weighted by molar-refractivity contribution is 5.94. The second-order valence-electron chi connectivity index (χ2n) is 3.42. The summed E-state index contributed by atoms with van der Waals surface area (Å²) < 4.78 is 0. The number of benzene rings is 1. The molecule has 0 heterocycles. The van der Waals surface area contributed by atoms with Gasteiger partial charge >= 0.3 is 0 Å². The zero-order chi connectivity index (χ0) is 11.3. The monoisotopic (exact) mass is 202 g/mol. The molecule has 0 bridgehead atoms. The van der Waals surface area contributed by atoms with Gasteiger partial charge in [0.2, 0.25) is 0 Å². The molecule has 0 N–H and O–H groups in total. The quantitative estimate of drug-likeness (QED) is 0.752. The molecule has 0 aliphatic heterocycles. The molecule has 0 atom stereocenters. The molecule has 1 rings (SSSR count). The second-order valence-corrected chi connectivity index (χ2v) is 3.42. The highest BCUT2D eigenvalue weighted by Crippen LogP contribution is 2.07. The SMILES string of the molecule is CCCN(C)C(=O)c1cccc(C#N)c1. The van der Waals surface area contributed by atoms with Gasteiger partial charge in [0.25, 0.3) is 5.91 Å². The molecule has 0 radical (unpaired) electrons. The van der Waals surface area contributed by atoms with Crippen molar-refractivity contribution in [1.29, 1.82) is 5.26 Å². The van der Waals surface area contributed by atoms with E-state index in [9.17, 15) is 4.79 Å². The van der Waals surface area contributed by atoms with Crippen LogP contribution >= 0.6 is 0 Å². The predicted octanol–water partition coefficient (Wildman–Crippen LogP) is 2.04. The number of hydrogen-bond donors (Lipinski definition) is 0. The number of rotatable bonds is 3. The molecule has 0 aliphatic carbocycles. The maximum absolute atomic E-state index is 11.8. The third kappa shape index (κ3) is 2.81. The molecule has 15 heavy (non-hydrogen) atoms. The van der Waals surface area contributed by atoms with Gasteiger partial charge in [0, 0.05) is 19.2 Å². The third-order valence-electron chi connectivity index (χ3n) is 2.14. The van der Waals surface area contributed by atoms with Crippen LogP contribution in [0.2, 0.25) is 0 Å². The molecule has 1 aromatic rings. The fourth-order valence-electron chi connectivity index (χ4n) is 1.38. The van der Waals surface area contributed by atoms with Crippen molar-refractivity contribution in [3.8, 4) is 6.07 Å². The Morgan fingerprint density at radius 1 is 1.53 bits per heavy atom. The molecular weight excluding hydrogens is 188 g/mol. The Bertz CT molecular complexity index is 393. The summed E-state index contributed by atoms with van der Waals surface area (Å²) in [7, 11) is 1.77. The zero-order valence-corrected chi connectivity index (χ0v) is 9.03. The van der Waals surface area contributed by atoms with Crippen LogP contribution in [0.5, 0.6) is 0 Å². The molecule has 0 unspecified atom stereocenters. The lowest BCUT2D eigenvalue weighted by Gasteiger charge is -2.15. The first kappa shape index (κ1) is 11.3. The Balaban J connectivity index is 2.87. The summed E-state index contributed by atoms with van der Waals surface area (Å²) in [5.41, 5.74) is 1.09. The molecule has 1 amide bonds. The molecule has 3 heteroatoms. The lowest BCUT2D eigenvalue weighted by molar-refractivity contribution is 0.0795. The topological polar surface area (TPSA) is 44.1 Å². The van der Waals surface area contributed by atoms with Crippen molar-refractivity contribution in [2.45, 2.75) is 13.3 Å². The first-order chi connectivity index (χ1) is 7.19. The van der Waals surface area contributed by atoms with Crippen LogP contribution in [0.25, 0.3) is 0 Å². The first-order valence-corrected chi connectivity index (χ1v) is 4.94. The number of carbonyl (C=O) groups is 1. The largest absolute Gasteiger partial charge is 0.342 e. The van der Waals surface area contributed by atoms with Crippen molar-refractivity contribution >= 4 is 5.91 Å². The van der Waals surface area contributed by atoms with Gasteiger partial charge in [-0.05, 0) is 24.6 Å². The minimum absolute atomic E-state index is 0.0334. The average molecular weight is 202 g/mol. The van der Waals surface area contributed by atoms with Gasteiger partial charge in [-0.25, -0.2) is 0 Å². The molecule has 0 aromatic heterocycles. The molecule has 3 nitrogen and oxygen atoms in total. The molecular formula is C12H14N2O. The van der Waals surface area contributed by atoms with E-state index < -0.39 is 0 Å². The van der Waals surface area contributed by atoms with Crippen molar-refractivity contribution in [2.75, 3.05) is 13.6 Å². The Morgan fingerprint density at radius 3 is 2.87 bits per heavy atom. The van der Waals surface area contributed by atoms with Crippen molar-refractivity contribution < 1.29 is 4.79 Å². The van der Waals surface area contributed by atoms with Crippen LogP contribution in [0.3, 0.4) is 0 Å². The predicted molar refractivity (Wildman–Crippen MR) is 58.4 cm³/mol. The van der Waals surface area contributed by atoms with Crippen molar-refractivity contribution in [3.63, 3.8) is 0 Å². The van der Waals surface area contributed by atoms with Crippen LogP contribution in [0, 0.1) is 11.3 Å². The first-order valence-electron chi connectivity index (χ1n) is 4.94. The van der Waals surface area contributed by atoms with E-state index >= 15 is 0 Å². The molecule has 0 aliphatic rings. The van der Waals surface area contributed by atoms with E-state index in [4.69, 9.17) is 5.26 Å². The standard InChI is InChI=1S/C12H14N2O/c1-3-7-14(2)12(15)11-6-4-5-10(8-11)9-13/h4-6,8H,3,7H2,1-2H3. The highest BCUT2D eigenvalue weighted by atomic mass is 16.2. The Morgan fingerprint density at radius 2 is 2.27 bits per heavy atom. The van der Waals surface area contributed by atoms with Crippen molar-refractivity contribution in [1.82, 2.24) is 4.90 Å². The zero-order valence-electron chi connectivity index (χ0n) is 9.03. The van der Waals surface area contributed by atoms with E-state index in [0.29, 0.717) is 11.1 Å². The number of carbonyl (C=O) groups excluding carboxylic acids is 1. The number of hydrogen-bond acceptors (Lipinski definition) is 2. The van der Waals surface area contributed by atoms with Crippen molar-refractivity contribution in [2.24, 2.45) is 0 Å². The summed E-state index contributed by atoms with van der Waals surface area (Å²) in [5, 5.41) is 8.71.